The molecule has 6 heteroatoms. The molecule has 0 saturated carbocycles. The highest BCUT2D eigenvalue weighted by Crippen LogP contribution is 2.22. The molecule has 0 aromatic heterocycles. The maximum Gasteiger partial charge on any atom is 0.287 e. The summed E-state index contributed by atoms with van der Waals surface area (Å²) in [6.45, 7) is -1.58. The number of aliphatic hydroxyl groups is 1. The third kappa shape index (κ3) is 2.60. The van der Waals surface area contributed by atoms with Crippen molar-refractivity contribution in [1.29, 1.82) is 0 Å². The molecule has 1 fully saturated rings. The first-order chi connectivity index (χ1) is 5.96. The molecule has 13 heavy (non-hydrogen) atoms. The lowest BCUT2D eigenvalue weighted by Crippen LogP contribution is -2.40. The zero-order valence-corrected chi connectivity index (χ0v) is 8.43. The van der Waals surface area contributed by atoms with Gasteiger partial charge in [0, 0.05) is 6.54 Å². The number of nitrogens with zero attached hydrogens (tertiary/aromatic N) is 1. The minimum atomic E-state index is -3.19. The number of likely N-dealkylation sites (tertiary alicyclic amines) is 1. The number of carbonyl (C=O) groups is 1. The average Bonchev–Trinajstić information content (AvgIpc) is 2.36. The molecule has 76 valence electrons. The van der Waals surface area contributed by atoms with E-state index in [0.29, 0.717) is 13.0 Å². The number of rotatable bonds is 3. The predicted molar refractivity (Wildman–Crippen MR) is 45.9 cm³/mol. The van der Waals surface area contributed by atoms with Crippen LogP contribution in [-0.4, -0.2) is 46.4 Å². The fourth-order valence-electron chi connectivity index (χ4n) is 1.19. The number of amides is 1. The first-order valence-electron chi connectivity index (χ1n) is 3.88. The van der Waals surface area contributed by atoms with Gasteiger partial charge in [0.25, 0.3) is 5.92 Å². The molecule has 0 aromatic carbocycles. The molecule has 1 rings (SSSR count). The number of halogens is 3. The van der Waals surface area contributed by atoms with E-state index in [-0.39, 0.29) is 10.7 Å². The van der Waals surface area contributed by atoms with Gasteiger partial charge in [-0.15, -0.1) is 0 Å². The van der Waals surface area contributed by atoms with Crippen molar-refractivity contribution < 1.29 is 18.7 Å². The Morgan fingerprint density at radius 2 is 2.31 bits per heavy atom. The zero-order valence-electron chi connectivity index (χ0n) is 6.84. The van der Waals surface area contributed by atoms with Crippen molar-refractivity contribution in [2.45, 2.75) is 17.2 Å². The minimum Gasteiger partial charge on any atom is -0.390 e. The molecule has 0 aliphatic carbocycles. The molecule has 1 saturated heterocycles. The summed E-state index contributed by atoms with van der Waals surface area (Å²) in [6.07, 6.45) is 0.542. The van der Waals surface area contributed by atoms with E-state index in [1.165, 1.54) is 0 Å². The second-order valence-corrected chi connectivity index (χ2v) is 4.14. The molecule has 1 heterocycles. The number of hydrogen-bond acceptors (Lipinski definition) is 2. The molecule has 1 unspecified atom stereocenters. The Kier molecular flexibility index (Phi) is 3.23. The molecule has 1 aliphatic rings. The lowest BCUT2D eigenvalue weighted by Gasteiger charge is -2.21. The molecule has 1 amide bonds. The van der Waals surface area contributed by atoms with Crippen LogP contribution in [0.15, 0.2) is 0 Å². The number of hydrogen-bond donors (Lipinski definition) is 1. The van der Waals surface area contributed by atoms with Crippen LogP contribution in [0.3, 0.4) is 0 Å². The highest BCUT2D eigenvalue weighted by Gasteiger charge is 2.37. The Labute approximate surface area is 82.8 Å². The molecule has 1 N–H and O–H groups in total. The second-order valence-electron chi connectivity index (χ2n) is 3.03. The number of alkyl halides is 3. The van der Waals surface area contributed by atoms with Crippen LogP contribution in [0.25, 0.3) is 0 Å². The van der Waals surface area contributed by atoms with Crippen molar-refractivity contribution in [3.05, 3.63) is 0 Å². The van der Waals surface area contributed by atoms with Gasteiger partial charge in [0.1, 0.15) is 6.61 Å². The Balaban J connectivity index is 2.51. The van der Waals surface area contributed by atoms with Crippen LogP contribution in [0.2, 0.25) is 0 Å². The molecule has 1 aliphatic heterocycles. The van der Waals surface area contributed by atoms with E-state index < -0.39 is 19.1 Å². The zero-order chi connectivity index (χ0) is 10.1. The number of carbonyl (C=O) groups excluding carboxylic acids is 1. The van der Waals surface area contributed by atoms with Gasteiger partial charge in [0.05, 0.1) is 11.4 Å². The van der Waals surface area contributed by atoms with E-state index in [2.05, 4.69) is 15.9 Å². The van der Waals surface area contributed by atoms with Gasteiger partial charge < -0.3 is 10.0 Å². The maximum atomic E-state index is 12.6. The maximum absolute atomic E-state index is 12.6. The fourth-order valence-corrected chi connectivity index (χ4v) is 1.68. The van der Waals surface area contributed by atoms with Crippen LogP contribution >= 0.6 is 15.9 Å². The summed E-state index contributed by atoms with van der Waals surface area (Å²) >= 11 is 3.07. The van der Waals surface area contributed by atoms with Gasteiger partial charge in [-0.3, -0.25) is 4.79 Å². The Bertz CT molecular complexity index is 213. The van der Waals surface area contributed by atoms with Crippen LogP contribution in [0.1, 0.15) is 6.42 Å². The van der Waals surface area contributed by atoms with Crippen molar-refractivity contribution in [3.8, 4) is 0 Å². The highest BCUT2D eigenvalue weighted by atomic mass is 79.9. The summed E-state index contributed by atoms with van der Waals surface area (Å²) in [5.74, 6) is -3.51. The van der Waals surface area contributed by atoms with Crippen molar-refractivity contribution in [1.82, 2.24) is 4.90 Å². The molecule has 0 aromatic rings. The second kappa shape index (κ2) is 3.88. The standard InChI is InChI=1S/C7H10BrF2NO2/c8-5-1-2-11(6(5)13)3-7(9,10)4-12/h5,12H,1-4H2. The van der Waals surface area contributed by atoms with Gasteiger partial charge in [-0.25, -0.2) is 8.78 Å². The van der Waals surface area contributed by atoms with Crippen LogP contribution in [0.5, 0.6) is 0 Å². The smallest absolute Gasteiger partial charge is 0.287 e. The number of aliphatic hydroxyl groups excluding tert-OH is 1. The average molecular weight is 258 g/mol. The predicted octanol–water partition coefficient (Wildman–Crippen LogP) is 0.610. The van der Waals surface area contributed by atoms with E-state index in [1.54, 1.807) is 0 Å². The van der Waals surface area contributed by atoms with Crippen LogP contribution in [0.4, 0.5) is 8.78 Å². The van der Waals surface area contributed by atoms with Gasteiger partial charge in [-0.2, -0.15) is 0 Å². The van der Waals surface area contributed by atoms with Gasteiger partial charge in [0.15, 0.2) is 0 Å². The topological polar surface area (TPSA) is 40.5 Å². The third-order valence-electron chi connectivity index (χ3n) is 1.89. The van der Waals surface area contributed by atoms with Gasteiger partial charge in [-0.05, 0) is 6.42 Å². The summed E-state index contributed by atoms with van der Waals surface area (Å²) in [4.78, 5) is 11.9. The largest absolute Gasteiger partial charge is 0.390 e. The quantitative estimate of drug-likeness (QED) is 0.753. The summed E-state index contributed by atoms with van der Waals surface area (Å²) < 4.78 is 25.3. The van der Waals surface area contributed by atoms with Crippen molar-refractivity contribution in [2.75, 3.05) is 19.7 Å². The first-order valence-corrected chi connectivity index (χ1v) is 4.79. The van der Waals surface area contributed by atoms with Crippen molar-refractivity contribution >= 4 is 21.8 Å². The molecule has 0 bridgehead atoms. The van der Waals surface area contributed by atoms with E-state index >= 15 is 0 Å². The summed E-state index contributed by atoms with van der Waals surface area (Å²) in [6, 6.07) is 0. The van der Waals surface area contributed by atoms with Crippen LogP contribution in [0, 0.1) is 0 Å². The molecular weight excluding hydrogens is 248 g/mol. The molecule has 1 atom stereocenters. The molecule has 3 nitrogen and oxygen atoms in total. The Hall–Kier alpha value is -0.230. The normalized spacial score (nSPS) is 24.2. The van der Waals surface area contributed by atoms with Gasteiger partial charge >= 0.3 is 0 Å². The fraction of sp³-hybridized carbons (Fsp3) is 0.857. The highest BCUT2D eigenvalue weighted by molar-refractivity contribution is 9.10. The van der Waals surface area contributed by atoms with E-state index in [9.17, 15) is 13.6 Å². The summed E-state index contributed by atoms with van der Waals surface area (Å²) in [5.41, 5.74) is 0. The first kappa shape index (κ1) is 10.8. The molecular formula is C7H10BrF2NO2. The van der Waals surface area contributed by atoms with Crippen LogP contribution < -0.4 is 0 Å². The Morgan fingerprint density at radius 1 is 1.69 bits per heavy atom. The van der Waals surface area contributed by atoms with Crippen molar-refractivity contribution in [2.24, 2.45) is 0 Å². The van der Waals surface area contributed by atoms with Crippen LogP contribution in [-0.2, 0) is 4.79 Å². The lowest BCUT2D eigenvalue weighted by molar-refractivity contribution is -0.134. The van der Waals surface area contributed by atoms with E-state index in [4.69, 9.17) is 5.11 Å². The van der Waals surface area contributed by atoms with E-state index in [0.717, 1.165) is 4.90 Å². The SMILES string of the molecule is O=C1C(Br)CCN1CC(F)(F)CO. The van der Waals surface area contributed by atoms with Crippen molar-refractivity contribution in [3.63, 3.8) is 0 Å². The van der Waals surface area contributed by atoms with E-state index in [1.807, 2.05) is 0 Å². The van der Waals surface area contributed by atoms with Gasteiger partial charge in [-0.1, -0.05) is 15.9 Å². The summed E-state index contributed by atoms with van der Waals surface area (Å²) in [7, 11) is 0. The summed E-state index contributed by atoms with van der Waals surface area (Å²) in [5, 5.41) is 8.31. The van der Waals surface area contributed by atoms with Gasteiger partial charge in [0.2, 0.25) is 5.91 Å². The molecule has 0 spiro atoms. The third-order valence-corrected chi connectivity index (χ3v) is 2.74. The molecule has 0 radical (unpaired) electrons. The Morgan fingerprint density at radius 3 is 2.69 bits per heavy atom. The lowest BCUT2D eigenvalue weighted by atomic mass is 10.3. The minimum absolute atomic E-state index is 0.324. The monoisotopic (exact) mass is 257 g/mol.